The SMILES string of the molecule is CC(C)(C)n1cnc2c(c1=O)CCNC2. The van der Waals surface area contributed by atoms with E-state index in [1.54, 1.807) is 10.9 Å². The lowest BCUT2D eigenvalue weighted by molar-refractivity contribution is 0.373. The zero-order valence-corrected chi connectivity index (χ0v) is 9.50. The lowest BCUT2D eigenvalue weighted by Crippen LogP contribution is -2.39. The molecule has 82 valence electrons. The second-order valence-electron chi connectivity index (χ2n) is 4.94. The van der Waals surface area contributed by atoms with E-state index in [1.165, 1.54) is 0 Å². The molecule has 0 saturated carbocycles. The topological polar surface area (TPSA) is 46.9 Å². The van der Waals surface area contributed by atoms with Gasteiger partial charge in [-0.05, 0) is 33.7 Å². The third-order valence-electron chi connectivity index (χ3n) is 2.72. The molecule has 0 bridgehead atoms. The quantitative estimate of drug-likeness (QED) is 0.679. The summed E-state index contributed by atoms with van der Waals surface area (Å²) in [7, 11) is 0. The zero-order valence-electron chi connectivity index (χ0n) is 9.50. The normalized spacial score (nSPS) is 16.2. The Labute approximate surface area is 89.3 Å². The van der Waals surface area contributed by atoms with E-state index in [0.717, 1.165) is 30.8 Å². The summed E-state index contributed by atoms with van der Waals surface area (Å²) in [6, 6.07) is 0. The fourth-order valence-electron chi connectivity index (χ4n) is 1.83. The molecule has 2 rings (SSSR count). The van der Waals surface area contributed by atoms with Crippen molar-refractivity contribution in [1.29, 1.82) is 0 Å². The van der Waals surface area contributed by atoms with E-state index < -0.39 is 0 Å². The Bertz CT molecular complexity index is 428. The average Bonchev–Trinajstić information content (AvgIpc) is 2.16. The maximum atomic E-state index is 12.2. The molecular formula is C11H17N3O. The monoisotopic (exact) mass is 207 g/mol. The van der Waals surface area contributed by atoms with Gasteiger partial charge in [-0.25, -0.2) is 4.98 Å². The van der Waals surface area contributed by atoms with Gasteiger partial charge in [0.2, 0.25) is 0 Å². The Morgan fingerprint density at radius 1 is 1.47 bits per heavy atom. The van der Waals surface area contributed by atoms with Crippen molar-refractivity contribution < 1.29 is 0 Å². The highest BCUT2D eigenvalue weighted by atomic mass is 16.1. The van der Waals surface area contributed by atoms with Gasteiger partial charge in [0.1, 0.15) is 0 Å². The van der Waals surface area contributed by atoms with E-state index in [9.17, 15) is 4.79 Å². The second-order valence-corrected chi connectivity index (χ2v) is 4.94. The summed E-state index contributed by atoms with van der Waals surface area (Å²) >= 11 is 0. The molecule has 2 heterocycles. The molecule has 0 fully saturated rings. The smallest absolute Gasteiger partial charge is 0.257 e. The summed E-state index contributed by atoms with van der Waals surface area (Å²) in [6.07, 6.45) is 2.45. The maximum absolute atomic E-state index is 12.2. The molecule has 0 aromatic carbocycles. The van der Waals surface area contributed by atoms with E-state index in [1.807, 2.05) is 20.8 Å². The zero-order chi connectivity index (χ0) is 11.1. The van der Waals surface area contributed by atoms with Crippen molar-refractivity contribution in [2.45, 2.75) is 39.3 Å². The van der Waals surface area contributed by atoms with Crippen LogP contribution in [0.1, 0.15) is 32.0 Å². The summed E-state index contributed by atoms with van der Waals surface area (Å²) in [4.78, 5) is 16.5. The van der Waals surface area contributed by atoms with Crippen molar-refractivity contribution in [2.75, 3.05) is 6.54 Å². The fourth-order valence-corrected chi connectivity index (χ4v) is 1.83. The molecule has 1 aromatic heterocycles. The average molecular weight is 207 g/mol. The van der Waals surface area contributed by atoms with E-state index in [-0.39, 0.29) is 11.1 Å². The van der Waals surface area contributed by atoms with Gasteiger partial charge in [0.05, 0.1) is 12.0 Å². The Morgan fingerprint density at radius 3 is 2.87 bits per heavy atom. The largest absolute Gasteiger partial charge is 0.311 e. The third-order valence-corrected chi connectivity index (χ3v) is 2.72. The number of aromatic nitrogens is 2. The highest BCUT2D eigenvalue weighted by Crippen LogP contribution is 2.12. The van der Waals surface area contributed by atoms with Gasteiger partial charge in [-0.15, -0.1) is 0 Å². The number of nitrogens with zero attached hydrogens (tertiary/aromatic N) is 2. The van der Waals surface area contributed by atoms with Crippen molar-refractivity contribution in [1.82, 2.24) is 14.9 Å². The van der Waals surface area contributed by atoms with Gasteiger partial charge in [-0.1, -0.05) is 0 Å². The van der Waals surface area contributed by atoms with E-state index in [0.29, 0.717) is 0 Å². The van der Waals surface area contributed by atoms with Crippen molar-refractivity contribution in [3.05, 3.63) is 27.9 Å². The van der Waals surface area contributed by atoms with Crippen molar-refractivity contribution >= 4 is 0 Å². The predicted molar refractivity (Wildman–Crippen MR) is 58.9 cm³/mol. The summed E-state index contributed by atoms with van der Waals surface area (Å²) in [5, 5.41) is 3.22. The molecule has 0 atom stereocenters. The van der Waals surface area contributed by atoms with Gasteiger partial charge in [-0.2, -0.15) is 0 Å². The fraction of sp³-hybridized carbons (Fsp3) is 0.636. The molecule has 0 radical (unpaired) electrons. The molecule has 0 unspecified atom stereocenters. The summed E-state index contributed by atoms with van der Waals surface area (Å²) in [5.74, 6) is 0. The van der Waals surface area contributed by atoms with Crippen LogP contribution in [0.4, 0.5) is 0 Å². The first-order valence-corrected chi connectivity index (χ1v) is 5.31. The first-order chi connectivity index (χ1) is 7.00. The molecule has 4 nitrogen and oxygen atoms in total. The number of hydrogen-bond donors (Lipinski definition) is 1. The number of rotatable bonds is 0. The molecule has 0 aliphatic carbocycles. The van der Waals surface area contributed by atoms with Crippen LogP contribution in [0.3, 0.4) is 0 Å². The summed E-state index contributed by atoms with van der Waals surface area (Å²) in [5.41, 5.74) is 1.72. The molecular weight excluding hydrogens is 190 g/mol. The van der Waals surface area contributed by atoms with Gasteiger partial charge in [0.15, 0.2) is 0 Å². The highest BCUT2D eigenvalue weighted by Gasteiger charge is 2.20. The van der Waals surface area contributed by atoms with Gasteiger partial charge in [0.25, 0.3) is 5.56 Å². The minimum atomic E-state index is -0.190. The Morgan fingerprint density at radius 2 is 2.20 bits per heavy atom. The van der Waals surface area contributed by atoms with E-state index >= 15 is 0 Å². The Hall–Kier alpha value is -1.16. The van der Waals surface area contributed by atoms with Gasteiger partial charge >= 0.3 is 0 Å². The summed E-state index contributed by atoms with van der Waals surface area (Å²) in [6.45, 7) is 7.64. The first-order valence-electron chi connectivity index (χ1n) is 5.31. The molecule has 1 aromatic rings. The third kappa shape index (κ3) is 1.81. The molecule has 0 amide bonds. The maximum Gasteiger partial charge on any atom is 0.257 e. The van der Waals surface area contributed by atoms with Crippen molar-refractivity contribution in [2.24, 2.45) is 0 Å². The van der Waals surface area contributed by atoms with Crippen LogP contribution in [0.5, 0.6) is 0 Å². The molecule has 1 N–H and O–H groups in total. The highest BCUT2D eigenvalue weighted by molar-refractivity contribution is 5.20. The van der Waals surface area contributed by atoms with Crippen molar-refractivity contribution in [3.8, 4) is 0 Å². The Balaban J connectivity index is 2.58. The number of fused-ring (bicyclic) bond motifs is 1. The minimum absolute atomic E-state index is 0.119. The molecule has 15 heavy (non-hydrogen) atoms. The van der Waals surface area contributed by atoms with Gasteiger partial charge < -0.3 is 5.32 Å². The van der Waals surface area contributed by atoms with Crippen LogP contribution < -0.4 is 10.9 Å². The molecule has 0 saturated heterocycles. The van der Waals surface area contributed by atoms with Crippen LogP contribution in [-0.2, 0) is 18.5 Å². The molecule has 0 spiro atoms. The van der Waals surface area contributed by atoms with E-state index in [2.05, 4.69) is 10.3 Å². The number of nitrogens with one attached hydrogen (secondary N) is 1. The van der Waals surface area contributed by atoms with Crippen LogP contribution >= 0.6 is 0 Å². The number of hydrogen-bond acceptors (Lipinski definition) is 3. The van der Waals surface area contributed by atoms with Crippen LogP contribution in [0, 0.1) is 0 Å². The van der Waals surface area contributed by atoms with Gasteiger partial charge in [-0.3, -0.25) is 9.36 Å². The second kappa shape index (κ2) is 3.45. The Kier molecular flexibility index (Phi) is 2.38. The van der Waals surface area contributed by atoms with Crippen LogP contribution in [0.25, 0.3) is 0 Å². The summed E-state index contributed by atoms with van der Waals surface area (Å²) < 4.78 is 1.72. The lowest BCUT2D eigenvalue weighted by Gasteiger charge is -2.24. The lowest BCUT2D eigenvalue weighted by atomic mass is 10.1. The minimum Gasteiger partial charge on any atom is -0.311 e. The standard InChI is InChI=1S/C11H17N3O/c1-11(2,3)14-7-13-9-6-12-5-4-8(9)10(14)15/h7,12H,4-6H2,1-3H3. The predicted octanol–water partition coefficient (Wildman–Crippen LogP) is 0.644. The molecule has 1 aliphatic rings. The first kappa shape index (κ1) is 10.4. The van der Waals surface area contributed by atoms with Crippen LogP contribution in [0.15, 0.2) is 11.1 Å². The van der Waals surface area contributed by atoms with Gasteiger partial charge in [0, 0.05) is 17.6 Å². The molecule has 4 heteroatoms. The molecule has 1 aliphatic heterocycles. The van der Waals surface area contributed by atoms with Crippen molar-refractivity contribution in [3.63, 3.8) is 0 Å². The van der Waals surface area contributed by atoms with E-state index in [4.69, 9.17) is 0 Å². The van der Waals surface area contributed by atoms with Crippen LogP contribution in [0.2, 0.25) is 0 Å². The van der Waals surface area contributed by atoms with Crippen LogP contribution in [-0.4, -0.2) is 16.1 Å².